The lowest BCUT2D eigenvalue weighted by atomic mass is 9.83. The lowest BCUT2D eigenvalue weighted by Crippen LogP contribution is -2.41. The van der Waals surface area contributed by atoms with E-state index in [0.29, 0.717) is 12.0 Å². The molecule has 31 heavy (non-hydrogen) atoms. The predicted octanol–water partition coefficient (Wildman–Crippen LogP) is 4.01. The van der Waals surface area contributed by atoms with E-state index in [0.717, 1.165) is 76.3 Å². The Balaban J connectivity index is 1.31. The Morgan fingerprint density at radius 2 is 1.90 bits per heavy atom. The number of carboxylic acids is 1. The van der Waals surface area contributed by atoms with Crippen molar-refractivity contribution in [3.63, 3.8) is 0 Å². The molecule has 7 nitrogen and oxygen atoms in total. The highest BCUT2D eigenvalue weighted by molar-refractivity contribution is 7.16. The smallest absolute Gasteiger partial charge is 0.326 e. The number of nitrogens with zero attached hydrogens (tertiary/aromatic N) is 4. The molecule has 3 aliphatic rings. The van der Waals surface area contributed by atoms with Crippen LogP contribution in [0.15, 0.2) is 0 Å². The van der Waals surface area contributed by atoms with Crippen LogP contribution in [0.3, 0.4) is 0 Å². The average molecular weight is 449 g/mol. The van der Waals surface area contributed by atoms with E-state index in [1.165, 1.54) is 30.0 Å². The quantitative estimate of drug-likeness (QED) is 0.650. The van der Waals surface area contributed by atoms with Crippen molar-refractivity contribution in [1.29, 1.82) is 0 Å². The molecule has 2 amide bonds. The summed E-state index contributed by atoms with van der Waals surface area (Å²) in [6.45, 7) is 7.09. The summed E-state index contributed by atoms with van der Waals surface area (Å²) in [6.07, 6.45) is 9.59. The van der Waals surface area contributed by atoms with Crippen LogP contribution >= 0.6 is 11.3 Å². The fourth-order valence-corrected chi connectivity index (χ4v) is 6.37. The molecule has 172 valence electrons. The number of fused-ring (bicyclic) bond motifs is 1. The monoisotopic (exact) mass is 448 g/mol. The summed E-state index contributed by atoms with van der Waals surface area (Å²) in [5.41, 5.74) is 1.20. The van der Waals surface area contributed by atoms with Gasteiger partial charge in [-0.15, -0.1) is 11.3 Å². The second-order valence-corrected chi connectivity index (χ2v) is 10.4. The number of amides is 2. The standard InChI is InChI=1S/C23H36N4O3S/c1-2-3-12-25-13-10-19-20(11-14-25)31-22(24-19)27-16-15-26(23(27)30)18-7-4-17(5-8-18)6-9-21(28)29/h17-18H,2-16H2,1H3,(H,28,29)/t17-,18-. The molecule has 1 aromatic heterocycles. The van der Waals surface area contributed by atoms with Gasteiger partial charge in [0.15, 0.2) is 5.13 Å². The van der Waals surface area contributed by atoms with E-state index >= 15 is 0 Å². The van der Waals surface area contributed by atoms with E-state index in [1.807, 2.05) is 9.80 Å². The number of carboxylic acid groups (broad SMARTS) is 1. The van der Waals surface area contributed by atoms with Crippen LogP contribution in [0.5, 0.6) is 0 Å². The number of hydrogen-bond donors (Lipinski definition) is 1. The maximum atomic E-state index is 13.2. The molecule has 0 aromatic carbocycles. The number of urea groups is 1. The molecule has 3 heterocycles. The molecular weight excluding hydrogens is 412 g/mol. The number of rotatable bonds is 8. The number of aromatic nitrogens is 1. The third kappa shape index (κ3) is 5.40. The molecule has 0 atom stereocenters. The van der Waals surface area contributed by atoms with Crippen molar-refractivity contribution < 1.29 is 14.7 Å². The van der Waals surface area contributed by atoms with Crippen molar-refractivity contribution in [2.45, 2.75) is 77.2 Å². The zero-order valence-corrected chi connectivity index (χ0v) is 19.5. The summed E-state index contributed by atoms with van der Waals surface area (Å²) in [4.78, 5) is 36.8. The number of carbonyl (C=O) groups excluding carboxylic acids is 1. The maximum absolute atomic E-state index is 13.2. The fourth-order valence-electron chi connectivity index (χ4n) is 5.26. The average Bonchev–Trinajstić information content (AvgIpc) is 3.29. The van der Waals surface area contributed by atoms with E-state index in [-0.39, 0.29) is 12.5 Å². The molecule has 0 radical (unpaired) electrons. The molecule has 1 saturated heterocycles. The largest absolute Gasteiger partial charge is 0.481 e. The minimum atomic E-state index is -0.706. The summed E-state index contributed by atoms with van der Waals surface area (Å²) in [5.74, 6) is -0.212. The first-order valence-electron chi connectivity index (χ1n) is 12.1. The number of hydrogen-bond acceptors (Lipinski definition) is 5. The van der Waals surface area contributed by atoms with Gasteiger partial charge in [-0.05, 0) is 57.4 Å². The van der Waals surface area contributed by atoms with Gasteiger partial charge in [-0.2, -0.15) is 0 Å². The van der Waals surface area contributed by atoms with Crippen LogP contribution in [-0.4, -0.2) is 70.7 Å². The Bertz CT molecular complexity index is 749. The number of aliphatic carboxylic acids is 1. The normalized spacial score (nSPS) is 25.0. The van der Waals surface area contributed by atoms with E-state index < -0.39 is 5.97 Å². The van der Waals surface area contributed by atoms with Crippen molar-refractivity contribution in [3.8, 4) is 0 Å². The van der Waals surface area contributed by atoms with Crippen LogP contribution in [0.1, 0.15) is 68.9 Å². The van der Waals surface area contributed by atoms with Crippen molar-refractivity contribution in [3.05, 3.63) is 10.6 Å². The summed E-state index contributed by atoms with van der Waals surface area (Å²) >= 11 is 1.72. The second kappa shape index (κ2) is 10.3. The molecule has 0 bridgehead atoms. The highest BCUT2D eigenvalue weighted by Crippen LogP contribution is 2.35. The molecule has 2 aliphatic heterocycles. The van der Waals surface area contributed by atoms with Crippen molar-refractivity contribution >= 4 is 28.5 Å². The van der Waals surface area contributed by atoms with Gasteiger partial charge in [0, 0.05) is 49.9 Å². The van der Waals surface area contributed by atoms with Gasteiger partial charge in [0.1, 0.15) is 0 Å². The second-order valence-electron chi connectivity index (χ2n) is 9.30. The van der Waals surface area contributed by atoms with Gasteiger partial charge in [0.25, 0.3) is 0 Å². The summed E-state index contributed by atoms with van der Waals surface area (Å²) in [5, 5.41) is 9.78. The van der Waals surface area contributed by atoms with Crippen molar-refractivity contribution in [1.82, 2.24) is 14.8 Å². The molecule has 4 rings (SSSR count). The Kier molecular flexibility index (Phi) is 7.48. The zero-order valence-electron chi connectivity index (χ0n) is 18.7. The first-order chi connectivity index (χ1) is 15.0. The van der Waals surface area contributed by atoms with Gasteiger partial charge in [0.05, 0.1) is 5.69 Å². The molecule has 1 aromatic rings. The lowest BCUT2D eigenvalue weighted by molar-refractivity contribution is -0.137. The highest BCUT2D eigenvalue weighted by atomic mass is 32.1. The summed E-state index contributed by atoms with van der Waals surface area (Å²) < 4.78 is 0. The van der Waals surface area contributed by atoms with Gasteiger partial charge in [-0.1, -0.05) is 13.3 Å². The van der Waals surface area contributed by atoms with E-state index in [1.54, 1.807) is 11.3 Å². The number of thiazole rings is 1. The van der Waals surface area contributed by atoms with E-state index in [4.69, 9.17) is 10.1 Å². The van der Waals surface area contributed by atoms with Gasteiger partial charge in [0.2, 0.25) is 0 Å². The van der Waals surface area contributed by atoms with Crippen LogP contribution in [0, 0.1) is 5.92 Å². The van der Waals surface area contributed by atoms with E-state index in [9.17, 15) is 9.59 Å². The molecule has 1 N–H and O–H groups in total. The minimum absolute atomic E-state index is 0.113. The molecular formula is C23H36N4O3S. The summed E-state index contributed by atoms with van der Waals surface area (Å²) in [6, 6.07) is 0.408. The molecule has 2 fully saturated rings. The van der Waals surface area contributed by atoms with Crippen LogP contribution in [0.25, 0.3) is 0 Å². The van der Waals surface area contributed by atoms with Crippen molar-refractivity contribution in [2.75, 3.05) is 37.6 Å². The molecule has 1 aliphatic carbocycles. The molecule has 1 saturated carbocycles. The SMILES string of the molecule is CCCCN1CCc2nc(N3CCN([C@H]4CC[C@H](CCC(=O)O)CC4)C3=O)sc2CC1. The number of anilines is 1. The van der Waals surface area contributed by atoms with Gasteiger partial charge in [-0.25, -0.2) is 9.78 Å². The Morgan fingerprint density at radius 3 is 2.65 bits per heavy atom. The number of unbranched alkanes of at least 4 members (excludes halogenated alkanes) is 1. The molecule has 0 unspecified atom stereocenters. The Morgan fingerprint density at radius 1 is 1.13 bits per heavy atom. The Labute approximate surface area is 189 Å². The van der Waals surface area contributed by atoms with Crippen LogP contribution in [-0.2, 0) is 17.6 Å². The molecule has 8 heteroatoms. The summed E-state index contributed by atoms with van der Waals surface area (Å²) in [7, 11) is 0. The van der Waals surface area contributed by atoms with Crippen LogP contribution in [0.4, 0.5) is 9.93 Å². The topological polar surface area (TPSA) is 77.0 Å². The third-order valence-corrected chi connectivity index (χ3v) is 8.39. The minimum Gasteiger partial charge on any atom is -0.481 e. The predicted molar refractivity (Wildman–Crippen MR) is 123 cm³/mol. The van der Waals surface area contributed by atoms with Gasteiger partial charge < -0.3 is 14.9 Å². The van der Waals surface area contributed by atoms with Gasteiger partial charge >= 0.3 is 12.0 Å². The lowest BCUT2D eigenvalue weighted by Gasteiger charge is -2.34. The highest BCUT2D eigenvalue weighted by Gasteiger charge is 2.38. The van der Waals surface area contributed by atoms with Gasteiger partial charge in [-0.3, -0.25) is 9.69 Å². The first-order valence-corrected chi connectivity index (χ1v) is 12.9. The molecule has 0 spiro atoms. The van der Waals surface area contributed by atoms with Crippen LogP contribution in [0.2, 0.25) is 0 Å². The van der Waals surface area contributed by atoms with E-state index in [2.05, 4.69) is 11.8 Å². The number of carbonyl (C=O) groups is 2. The third-order valence-electron chi connectivity index (χ3n) is 7.21. The van der Waals surface area contributed by atoms with Crippen LogP contribution < -0.4 is 4.90 Å². The Hall–Kier alpha value is -1.67. The fraction of sp³-hybridized carbons (Fsp3) is 0.783. The maximum Gasteiger partial charge on any atom is 0.326 e. The first kappa shape index (κ1) is 22.5. The van der Waals surface area contributed by atoms with Crippen molar-refractivity contribution in [2.24, 2.45) is 5.92 Å². The zero-order chi connectivity index (χ0) is 21.8.